The number of hydrogen-bond acceptors (Lipinski definition) is 23. The average molecular weight is 1410 g/mol. The lowest BCUT2D eigenvalue weighted by Crippen LogP contribution is -2.69. The van der Waals surface area contributed by atoms with E-state index >= 15 is 0 Å². The molecular weight excluding hydrogens is 1280 g/mol. The Morgan fingerprint density at radius 1 is 0.423 bits per heavy atom. The summed E-state index contributed by atoms with van der Waals surface area (Å²) in [5, 5.41) is 110. The highest BCUT2D eigenvalue weighted by Crippen LogP contribution is 2.49. The number of allylic oxidation sites excluding steroid dienone is 5. The summed E-state index contributed by atoms with van der Waals surface area (Å²) >= 11 is 0. The molecule has 0 bridgehead atoms. The minimum Gasteiger partial charge on any atom is -0.462 e. The first-order valence-electron chi connectivity index (χ1n) is 37.3. The van der Waals surface area contributed by atoms with Crippen LogP contribution < -0.4 is 0 Å². The molecule has 2 aliphatic heterocycles. The van der Waals surface area contributed by atoms with Gasteiger partial charge in [-0.2, -0.15) is 0 Å². The first kappa shape index (κ1) is 88.4. The quantitative estimate of drug-likeness (QED) is 0.00513. The number of carbonyl (C=O) groups excluding carboxylic acids is 3. The Bertz CT molecular complexity index is 2150. The van der Waals surface area contributed by atoms with E-state index in [4.69, 9.17) is 42.2 Å². The molecule has 0 aromatic heterocycles. The molecule has 18 atom stereocenters. The summed E-state index contributed by atoms with van der Waals surface area (Å²) in [6.45, 7) is 3.33. The van der Waals surface area contributed by atoms with Crippen molar-refractivity contribution in [1.29, 1.82) is 0 Å². The predicted molar refractivity (Wildman–Crippen MR) is 365 cm³/mol. The normalized spacial score (nSPS) is 28.0. The van der Waals surface area contributed by atoms with Crippen molar-refractivity contribution in [3.05, 3.63) is 36.5 Å². The van der Waals surface area contributed by atoms with Crippen LogP contribution in [0.25, 0.3) is 0 Å². The number of ether oxygens (including phenoxy) is 7. The Balaban J connectivity index is 1.76. The van der Waals surface area contributed by atoms with E-state index in [1.54, 1.807) is 6.08 Å². The second kappa shape index (κ2) is 53.9. The van der Waals surface area contributed by atoms with Gasteiger partial charge in [0, 0.05) is 18.9 Å². The zero-order valence-electron chi connectivity index (χ0n) is 58.9. The highest BCUT2D eigenvalue weighted by molar-refractivity contribution is 7.47. The Morgan fingerprint density at radius 3 is 1.26 bits per heavy atom. The number of phosphoric acid groups is 1. The maximum absolute atomic E-state index is 14.3. The van der Waals surface area contributed by atoms with Crippen molar-refractivity contribution in [2.75, 3.05) is 26.4 Å². The lowest BCUT2D eigenvalue weighted by atomic mass is 9.84. The third kappa shape index (κ3) is 37.3. The predicted octanol–water partition coefficient (Wildman–Crippen LogP) is 9.90. The molecule has 2 saturated heterocycles. The average Bonchev–Trinajstić information content (AvgIpc) is 0.764. The number of aliphatic hydroxyl groups is 10. The summed E-state index contributed by atoms with van der Waals surface area (Å²) in [5.41, 5.74) is 0. The van der Waals surface area contributed by atoms with Crippen molar-refractivity contribution in [1.82, 2.24) is 0 Å². The van der Waals surface area contributed by atoms with Crippen molar-refractivity contribution >= 4 is 25.7 Å². The van der Waals surface area contributed by atoms with Crippen LogP contribution >= 0.6 is 7.82 Å². The molecule has 97 heavy (non-hydrogen) atoms. The molecule has 11 N–H and O–H groups in total. The molecule has 3 fully saturated rings. The summed E-state index contributed by atoms with van der Waals surface area (Å²) in [4.78, 5) is 50.8. The van der Waals surface area contributed by atoms with Crippen molar-refractivity contribution < 1.29 is 117 Å². The lowest BCUT2D eigenvalue weighted by molar-refractivity contribution is -0.360. The number of unbranched alkanes of at least 4 members (excludes halogenated alkanes) is 33. The van der Waals surface area contributed by atoms with Crippen LogP contribution in [0.15, 0.2) is 36.5 Å². The molecule has 3 rings (SSSR count). The van der Waals surface area contributed by atoms with Crippen LogP contribution in [0.5, 0.6) is 0 Å². The summed E-state index contributed by atoms with van der Waals surface area (Å²) in [5.74, 6) is -2.24. The number of rotatable bonds is 57. The first-order valence-corrected chi connectivity index (χ1v) is 38.8. The highest BCUT2D eigenvalue weighted by Gasteiger charge is 2.58. The third-order valence-corrected chi connectivity index (χ3v) is 19.2. The van der Waals surface area contributed by atoms with Crippen molar-refractivity contribution in [3.63, 3.8) is 0 Å². The maximum atomic E-state index is 14.3. The monoisotopic (exact) mass is 1410 g/mol. The number of aliphatic hydroxyl groups excluding tert-OH is 10. The fraction of sp³-hybridized carbons (Fsp3) is 0.875. The van der Waals surface area contributed by atoms with Gasteiger partial charge in [0.2, 0.25) is 0 Å². The van der Waals surface area contributed by atoms with Crippen LogP contribution in [0.1, 0.15) is 271 Å². The molecule has 0 aromatic rings. The molecular formula is C72H129O24P. The second-order valence-corrected chi connectivity index (χ2v) is 28.1. The van der Waals surface area contributed by atoms with E-state index < -0.39 is 156 Å². The van der Waals surface area contributed by atoms with Gasteiger partial charge in [0.15, 0.2) is 18.7 Å². The number of carbonyl (C=O) groups is 3. The van der Waals surface area contributed by atoms with Gasteiger partial charge in [0.25, 0.3) is 0 Å². The van der Waals surface area contributed by atoms with Crippen molar-refractivity contribution in [2.24, 2.45) is 0 Å². The van der Waals surface area contributed by atoms with E-state index in [2.05, 4.69) is 32.9 Å². The largest absolute Gasteiger partial charge is 0.472 e. The fourth-order valence-electron chi connectivity index (χ4n) is 12.1. The molecule has 24 nitrogen and oxygen atoms in total. The molecule has 566 valence electrons. The van der Waals surface area contributed by atoms with Gasteiger partial charge >= 0.3 is 25.7 Å². The summed E-state index contributed by atoms with van der Waals surface area (Å²) in [6, 6.07) is 0. The van der Waals surface area contributed by atoms with Crippen LogP contribution in [0.2, 0.25) is 0 Å². The molecule has 18 unspecified atom stereocenters. The first-order chi connectivity index (χ1) is 46.8. The Kier molecular flexibility index (Phi) is 49.1. The molecule has 1 aliphatic carbocycles. The van der Waals surface area contributed by atoms with Gasteiger partial charge in [-0.1, -0.05) is 237 Å². The van der Waals surface area contributed by atoms with Crippen LogP contribution in [0.4, 0.5) is 0 Å². The lowest BCUT2D eigenvalue weighted by Gasteiger charge is -2.49. The van der Waals surface area contributed by atoms with Crippen LogP contribution in [-0.2, 0) is 61.2 Å². The molecule has 0 amide bonds. The number of hydrogen-bond donors (Lipinski definition) is 11. The maximum Gasteiger partial charge on any atom is 0.472 e. The van der Waals surface area contributed by atoms with Crippen molar-refractivity contribution in [2.45, 2.75) is 375 Å². The standard InChI is InChI=1S/C72H129O24P/c1-4-7-10-13-16-19-22-25-27-30-32-35-38-41-44-47-57(75)89-52-55-60(78)62(80)67(85)72(93-55)95-69-65(83)63(81)64(82)68(94-71-66(84)61(79)59(77)54(49-73)92-71)70(69)96-97(86,87)90-51-53(50-88-56(74)46-43-40-37-34-31-28-24-21-18-15-12-9-6-3)91-58(76)48-45-42-39-36-33-29-26-23-20-17-14-11-8-5-2/h29,33,38,41,44,47,53-55,59-73,77-85H,4-28,30-32,34-37,39-40,42-43,45-46,48-52H2,1-3H3,(H,86,87)/b33-29-,41-38+,47-44+. The third-order valence-electron chi connectivity index (χ3n) is 18.2. The molecule has 3 aliphatic rings. The SMILES string of the molecule is CCCCCCCCC/C=C\CCCCCC(=O)OC(COC(=O)CCCCCCCCCCCCCCC)COP(=O)(O)OC1C(OC2OC(CO)C(O)C(O)C2O)C(O)C(O)C(O)C1OC1OC(COC(=O)/C=C/C=C/CCCCCCCCCCCCC)C(O)C(O)C1O. The molecule has 2 heterocycles. The van der Waals surface area contributed by atoms with Gasteiger partial charge in [-0.25, -0.2) is 9.36 Å². The second-order valence-electron chi connectivity index (χ2n) is 26.7. The zero-order valence-corrected chi connectivity index (χ0v) is 59.8. The number of phosphoric ester groups is 1. The minimum atomic E-state index is -5.71. The van der Waals surface area contributed by atoms with Crippen LogP contribution in [0.3, 0.4) is 0 Å². The van der Waals surface area contributed by atoms with Gasteiger partial charge in [0.05, 0.1) is 13.2 Å². The van der Waals surface area contributed by atoms with Gasteiger partial charge in [0.1, 0.15) is 98.7 Å². The fourth-order valence-corrected chi connectivity index (χ4v) is 13.1. The van der Waals surface area contributed by atoms with Crippen LogP contribution in [0, 0.1) is 0 Å². The van der Waals surface area contributed by atoms with Crippen LogP contribution in [-0.4, -0.2) is 204 Å². The molecule has 0 spiro atoms. The Hall–Kier alpha value is -2.82. The smallest absolute Gasteiger partial charge is 0.462 e. The van der Waals surface area contributed by atoms with E-state index in [0.717, 1.165) is 89.5 Å². The topological polar surface area (TPSA) is 374 Å². The zero-order chi connectivity index (χ0) is 71.1. The van der Waals surface area contributed by atoms with Gasteiger partial charge in [-0.15, -0.1) is 0 Å². The van der Waals surface area contributed by atoms with E-state index in [0.29, 0.717) is 19.3 Å². The molecule has 0 aromatic carbocycles. The highest BCUT2D eigenvalue weighted by atomic mass is 31.2. The van der Waals surface area contributed by atoms with E-state index in [1.807, 2.05) is 6.08 Å². The molecule has 25 heteroatoms. The van der Waals surface area contributed by atoms with E-state index in [1.165, 1.54) is 141 Å². The summed E-state index contributed by atoms with van der Waals surface area (Å²) in [7, 11) is -5.71. The molecule has 0 radical (unpaired) electrons. The van der Waals surface area contributed by atoms with Crippen molar-refractivity contribution in [3.8, 4) is 0 Å². The van der Waals surface area contributed by atoms with E-state index in [9.17, 15) is 74.9 Å². The van der Waals surface area contributed by atoms with Gasteiger partial charge in [-0.05, 0) is 51.4 Å². The van der Waals surface area contributed by atoms with Gasteiger partial charge in [-0.3, -0.25) is 18.6 Å². The molecule has 1 saturated carbocycles. The summed E-state index contributed by atoms with van der Waals surface area (Å²) in [6.07, 6.45) is 15.7. The van der Waals surface area contributed by atoms with E-state index in [-0.39, 0.29) is 12.8 Å². The summed E-state index contributed by atoms with van der Waals surface area (Å²) < 4.78 is 64.7. The Morgan fingerprint density at radius 2 is 0.804 bits per heavy atom. The van der Waals surface area contributed by atoms with Gasteiger partial charge < -0.3 is 89.1 Å². The number of esters is 3. The minimum absolute atomic E-state index is 0.0415. The Labute approximate surface area is 578 Å².